The van der Waals surface area contributed by atoms with Gasteiger partial charge in [0.2, 0.25) is 5.91 Å². The van der Waals surface area contributed by atoms with Crippen LogP contribution in [0.25, 0.3) is 0 Å². The largest absolute Gasteiger partial charge is 0.452 e. The van der Waals surface area contributed by atoms with Crippen LogP contribution in [0.2, 0.25) is 18.1 Å². The second-order valence-corrected chi connectivity index (χ2v) is 17.5. The first-order valence-corrected chi connectivity index (χ1v) is 18.5. The van der Waals surface area contributed by atoms with Gasteiger partial charge >= 0.3 is 11.9 Å². The first kappa shape index (κ1) is 36.4. The summed E-state index contributed by atoms with van der Waals surface area (Å²) in [6, 6.07) is 16.0. The van der Waals surface area contributed by atoms with E-state index in [1.807, 2.05) is 0 Å². The first-order valence-electron chi connectivity index (χ1n) is 15.6. The molecule has 0 aromatic heterocycles. The van der Waals surface area contributed by atoms with Crippen molar-refractivity contribution in [1.29, 1.82) is 0 Å². The molecular weight excluding hydrogens is 594 g/mol. The Balaban J connectivity index is 2.01. The number of hydrogen-bond donors (Lipinski definition) is 1. The Labute approximate surface area is 268 Å². The fourth-order valence-corrected chi connectivity index (χ4v) is 5.47. The molecule has 45 heavy (non-hydrogen) atoms. The molecule has 5 atom stereocenters. The number of carbonyl (C=O) groups is 3. The summed E-state index contributed by atoms with van der Waals surface area (Å²) in [6.45, 7) is 15.1. The lowest BCUT2D eigenvalue weighted by Gasteiger charge is -2.46. The van der Waals surface area contributed by atoms with Crippen LogP contribution in [0.4, 0.5) is 0 Å². The molecule has 2 aromatic rings. The van der Waals surface area contributed by atoms with Gasteiger partial charge < -0.3 is 33.4 Å². The standard InChI is InChI=1S/C34H49NO9Si/c1-8-9-20-39-21-22-40-33-28(35-24(2)36)30(44-32(38)26-18-14-11-15-19-26)29(43-31(37)25-16-12-10-13-17-25)27(42-33)23-41-45(6,7)34(3,4)5/h10-19,27-30,33H,8-9,20-23H2,1-7H3,(H,35,36). The van der Waals surface area contributed by atoms with E-state index in [0.717, 1.165) is 12.8 Å². The van der Waals surface area contributed by atoms with Crippen molar-refractivity contribution in [3.63, 3.8) is 0 Å². The summed E-state index contributed by atoms with van der Waals surface area (Å²) in [6.07, 6.45) is -2.35. The molecule has 248 valence electrons. The maximum absolute atomic E-state index is 13.5. The molecule has 1 aliphatic rings. The van der Waals surface area contributed by atoms with E-state index in [9.17, 15) is 14.4 Å². The number of hydrogen-bond acceptors (Lipinski definition) is 9. The summed E-state index contributed by atoms with van der Waals surface area (Å²) in [5.74, 6) is -1.68. The van der Waals surface area contributed by atoms with Crippen molar-refractivity contribution < 1.29 is 42.5 Å². The average molecular weight is 644 g/mol. The van der Waals surface area contributed by atoms with Gasteiger partial charge in [0.15, 0.2) is 26.8 Å². The van der Waals surface area contributed by atoms with E-state index in [1.54, 1.807) is 60.7 Å². The highest BCUT2D eigenvalue weighted by Gasteiger charge is 2.52. The molecule has 1 N–H and O–H groups in total. The van der Waals surface area contributed by atoms with Gasteiger partial charge in [-0.1, -0.05) is 70.5 Å². The number of unbranched alkanes of at least 4 members (excludes halogenated alkanes) is 1. The normalized spacial score (nSPS) is 22.0. The average Bonchev–Trinajstić information content (AvgIpc) is 3.00. The lowest BCUT2D eigenvalue weighted by molar-refractivity contribution is -0.270. The Hall–Kier alpha value is -3.09. The third-order valence-corrected chi connectivity index (χ3v) is 12.6. The first-order chi connectivity index (χ1) is 21.3. The fraction of sp³-hybridized carbons (Fsp3) is 0.559. The summed E-state index contributed by atoms with van der Waals surface area (Å²) in [5.41, 5.74) is 0.614. The lowest BCUT2D eigenvalue weighted by atomic mass is 9.95. The van der Waals surface area contributed by atoms with Crippen LogP contribution in [0.5, 0.6) is 0 Å². The van der Waals surface area contributed by atoms with Gasteiger partial charge in [0.1, 0.15) is 12.1 Å². The maximum atomic E-state index is 13.5. The van der Waals surface area contributed by atoms with Crippen LogP contribution in [0, 0.1) is 0 Å². The van der Waals surface area contributed by atoms with Gasteiger partial charge in [-0.2, -0.15) is 0 Å². The molecule has 5 unspecified atom stereocenters. The van der Waals surface area contributed by atoms with E-state index in [0.29, 0.717) is 24.3 Å². The molecule has 11 heteroatoms. The second-order valence-electron chi connectivity index (χ2n) is 12.6. The molecule has 0 aliphatic carbocycles. The number of esters is 2. The zero-order valence-electron chi connectivity index (χ0n) is 27.6. The van der Waals surface area contributed by atoms with E-state index >= 15 is 0 Å². The summed E-state index contributed by atoms with van der Waals surface area (Å²) in [4.78, 5) is 39.4. The minimum Gasteiger partial charge on any atom is -0.452 e. The highest BCUT2D eigenvalue weighted by atomic mass is 28.4. The highest BCUT2D eigenvalue weighted by molar-refractivity contribution is 6.74. The smallest absolute Gasteiger partial charge is 0.338 e. The van der Waals surface area contributed by atoms with Gasteiger partial charge in [-0.15, -0.1) is 0 Å². The Morgan fingerprint density at radius 2 is 1.40 bits per heavy atom. The van der Waals surface area contributed by atoms with Crippen LogP contribution >= 0.6 is 0 Å². The molecule has 0 saturated carbocycles. The zero-order valence-corrected chi connectivity index (χ0v) is 28.6. The van der Waals surface area contributed by atoms with Crippen LogP contribution in [-0.4, -0.2) is 83.2 Å². The molecular formula is C34H49NO9Si. The summed E-state index contributed by atoms with van der Waals surface area (Å²) in [7, 11) is -2.30. The second kappa shape index (κ2) is 17.0. The topological polar surface area (TPSA) is 119 Å². The molecule has 0 spiro atoms. The van der Waals surface area contributed by atoms with Crippen molar-refractivity contribution in [3.05, 3.63) is 71.8 Å². The van der Waals surface area contributed by atoms with E-state index in [2.05, 4.69) is 46.1 Å². The molecule has 3 rings (SSSR count). The van der Waals surface area contributed by atoms with Crippen LogP contribution < -0.4 is 5.32 Å². The van der Waals surface area contributed by atoms with Crippen molar-refractivity contribution in [3.8, 4) is 0 Å². The molecule has 2 aromatic carbocycles. The summed E-state index contributed by atoms with van der Waals surface area (Å²) in [5, 5.41) is 2.72. The number of rotatable bonds is 15. The molecule has 1 amide bonds. The van der Waals surface area contributed by atoms with Gasteiger partial charge in [-0.05, 0) is 48.8 Å². The molecule has 1 heterocycles. The Morgan fingerprint density at radius 1 is 0.844 bits per heavy atom. The van der Waals surface area contributed by atoms with Crippen molar-refractivity contribution in [2.24, 2.45) is 0 Å². The maximum Gasteiger partial charge on any atom is 0.338 e. The third kappa shape index (κ3) is 10.7. The minimum atomic E-state index is -2.30. The van der Waals surface area contributed by atoms with Gasteiger partial charge in [0.05, 0.1) is 30.9 Å². The Bertz CT molecular complexity index is 1220. The monoisotopic (exact) mass is 643 g/mol. The van der Waals surface area contributed by atoms with Crippen molar-refractivity contribution in [2.45, 2.75) is 96.2 Å². The number of amides is 1. The number of nitrogens with one attached hydrogen (secondary N) is 1. The van der Waals surface area contributed by atoms with Gasteiger partial charge in [0, 0.05) is 13.5 Å². The molecule has 1 saturated heterocycles. The third-order valence-electron chi connectivity index (χ3n) is 8.09. The van der Waals surface area contributed by atoms with Crippen LogP contribution in [0.15, 0.2) is 60.7 Å². The van der Waals surface area contributed by atoms with E-state index in [4.69, 9.17) is 28.1 Å². The van der Waals surface area contributed by atoms with Gasteiger partial charge in [-0.3, -0.25) is 4.79 Å². The highest BCUT2D eigenvalue weighted by Crippen LogP contribution is 2.38. The number of ether oxygens (including phenoxy) is 5. The zero-order chi connectivity index (χ0) is 33.0. The van der Waals surface area contributed by atoms with Crippen molar-refractivity contribution in [1.82, 2.24) is 5.32 Å². The molecule has 1 aliphatic heterocycles. The van der Waals surface area contributed by atoms with Crippen LogP contribution in [0.3, 0.4) is 0 Å². The van der Waals surface area contributed by atoms with E-state index in [-0.39, 0.29) is 18.3 Å². The van der Waals surface area contributed by atoms with E-state index in [1.165, 1.54) is 6.92 Å². The minimum absolute atomic E-state index is 0.0439. The summed E-state index contributed by atoms with van der Waals surface area (Å²) < 4.78 is 36.9. The molecule has 1 fully saturated rings. The van der Waals surface area contributed by atoms with Gasteiger partial charge in [-0.25, -0.2) is 9.59 Å². The molecule has 10 nitrogen and oxygen atoms in total. The summed E-state index contributed by atoms with van der Waals surface area (Å²) >= 11 is 0. The van der Waals surface area contributed by atoms with Crippen molar-refractivity contribution in [2.75, 3.05) is 26.4 Å². The quantitative estimate of drug-likeness (QED) is 0.152. The number of carbonyl (C=O) groups excluding carboxylic acids is 3. The number of benzene rings is 2. The van der Waals surface area contributed by atoms with Gasteiger partial charge in [0.25, 0.3) is 0 Å². The predicted octanol–water partition coefficient (Wildman–Crippen LogP) is 5.52. The van der Waals surface area contributed by atoms with Crippen LogP contribution in [0.1, 0.15) is 68.2 Å². The Morgan fingerprint density at radius 3 is 1.91 bits per heavy atom. The molecule has 0 radical (unpaired) electrons. The Kier molecular flexibility index (Phi) is 13.7. The SMILES string of the molecule is CCCCOCCOC1OC(CO[Si](C)(C)C(C)(C)C)C(OC(=O)c2ccccc2)C(OC(=O)c2ccccc2)C1NC(C)=O. The van der Waals surface area contributed by atoms with Crippen LogP contribution in [-0.2, 0) is 32.9 Å². The predicted molar refractivity (Wildman–Crippen MR) is 172 cm³/mol. The molecule has 0 bridgehead atoms. The fourth-order valence-electron chi connectivity index (χ4n) is 4.46. The lowest BCUT2D eigenvalue weighted by Crippen LogP contribution is -2.67. The van der Waals surface area contributed by atoms with Crippen molar-refractivity contribution >= 4 is 26.2 Å². The van der Waals surface area contributed by atoms with E-state index < -0.39 is 56.8 Å².